The molecule has 0 heterocycles. The van der Waals surface area contributed by atoms with Crippen LogP contribution in [-0.4, -0.2) is 5.78 Å². The SMILES string of the molecule is CC(CC(=O)C#N)c1ccccc1. The van der Waals surface area contributed by atoms with Crippen molar-refractivity contribution in [3.63, 3.8) is 0 Å². The van der Waals surface area contributed by atoms with Crippen LogP contribution in [0, 0.1) is 11.3 Å². The smallest absolute Gasteiger partial charge is 0.232 e. The van der Waals surface area contributed by atoms with Crippen LogP contribution in [0.3, 0.4) is 0 Å². The number of hydrogen-bond donors (Lipinski definition) is 0. The Morgan fingerprint density at radius 1 is 1.46 bits per heavy atom. The fourth-order valence-corrected chi connectivity index (χ4v) is 1.22. The van der Waals surface area contributed by atoms with E-state index in [1.54, 1.807) is 6.07 Å². The minimum atomic E-state index is -0.351. The summed E-state index contributed by atoms with van der Waals surface area (Å²) in [7, 11) is 0. The molecule has 0 bridgehead atoms. The van der Waals surface area contributed by atoms with Crippen molar-refractivity contribution in [3.8, 4) is 6.07 Å². The number of ketones is 1. The zero-order chi connectivity index (χ0) is 9.68. The highest BCUT2D eigenvalue weighted by atomic mass is 16.1. The average molecular weight is 173 g/mol. The monoisotopic (exact) mass is 173 g/mol. The highest BCUT2D eigenvalue weighted by Gasteiger charge is 2.09. The number of Topliss-reactive ketones (excluding diaryl/α,β-unsaturated/α-hetero) is 1. The fraction of sp³-hybridized carbons (Fsp3) is 0.273. The quantitative estimate of drug-likeness (QED) is 0.658. The van der Waals surface area contributed by atoms with Crippen LogP contribution < -0.4 is 0 Å². The Balaban J connectivity index is 2.65. The summed E-state index contributed by atoms with van der Waals surface area (Å²) in [5.74, 6) is -0.218. The molecule has 0 N–H and O–H groups in total. The summed E-state index contributed by atoms with van der Waals surface area (Å²) < 4.78 is 0. The van der Waals surface area contributed by atoms with Crippen LogP contribution in [0.5, 0.6) is 0 Å². The van der Waals surface area contributed by atoms with Crippen LogP contribution in [0.4, 0.5) is 0 Å². The van der Waals surface area contributed by atoms with Gasteiger partial charge in [0.1, 0.15) is 6.07 Å². The fourth-order valence-electron chi connectivity index (χ4n) is 1.22. The molecule has 0 aromatic heterocycles. The van der Waals surface area contributed by atoms with Gasteiger partial charge in [-0.2, -0.15) is 5.26 Å². The van der Waals surface area contributed by atoms with Gasteiger partial charge in [-0.25, -0.2) is 0 Å². The number of benzene rings is 1. The largest absolute Gasteiger partial charge is 0.283 e. The minimum absolute atomic E-state index is 0.133. The van der Waals surface area contributed by atoms with Gasteiger partial charge in [0.25, 0.3) is 0 Å². The zero-order valence-electron chi connectivity index (χ0n) is 7.53. The summed E-state index contributed by atoms with van der Waals surface area (Å²) in [5, 5.41) is 8.33. The molecule has 13 heavy (non-hydrogen) atoms. The molecule has 1 aromatic rings. The lowest BCUT2D eigenvalue weighted by molar-refractivity contribution is -0.114. The predicted molar refractivity (Wildman–Crippen MR) is 50.1 cm³/mol. The molecular weight excluding hydrogens is 162 g/mol. The van der Waals surface area contributed by atoms with E-state index in [2.05, 4.69) is 0 Å². The lowest BCUT2D eigenvalue weighted by Gasteiger charge is -2.07. The first-order valence-corrected chi connectivity index (χ1v) is 4.22. The molecule has 1 aromatic carbocycles. The van der Waals surface area contributed by atoms with Crippen molar-refractivity contribution in [3.05, 3.63) is 35.9 Å². The topological polar surface area (TPSA) is 40.9 Å². The van der Waals surface area contributed by atoms with E-state index in [9.17, 15) is 4.79 Å². The van der Waals surface area contributed by atoms with Gasteiger partial charge in [-0.3, -0.25) is 4.79 Å². The first-order valence-electron chi connectivity index (χ1n) is 4.22. The van der Waals surface area contributed by atoms with Gasteiger partial charge in [-0.15, -0.1) is 0 Å². The summed E-state index contributed by atoms with van der Waals surface area (Å²) >= 11 is 0. The molecule has 0 amide bonds. The Morgan fingerprint density at radius 2 is 2.08 bits per heavy atom. The number of nitriles is 1. The molecule has 0 saturated carbocycles. The number of hydrogen-bond acceptors (Lipinski definition) is 2. The Morgan fingerprint density at radius 3 is 2.62 bits per heavy atom. The molecule has 0 saturated heterocycles. The molecule has 2 heteroatoms. The summed E-state index contributed by atoms with van der Waals surface area (Å²) in [6, 6.07) is 11.4. The molecular formula is C11H11NO. The van der Waals surface area contributed by atoms with E-state index in [4.69, 9.17) is 5.26 Å². The summed E-state index contributed by atoms with van der Waals surface area (Å²) in [6.45, 7) is 1.95. The number of nitrogens with zero attached hydrogens (tertiary/aromatic N) is 1. The summed E-state index contributed by atoms with van der Waals surface area (Å²) in [6.07, 6.45) is 0.306. The normalized spacial score (nSPS) is 11.7. The number of carbonyl (C=O) groups excluding carboxylic acids is 1. The molecule has 1 unspecified atom stereocenters. The van der Waals surface area contributed by atoms with E-state index in [0.717, 1.165) is 5.56 Å². The maximum absolute atomic E-state index is 10.8. The third-order valence-electron chi connectivity index (χ3n) is 1.98. The number of rotatable bonds is 3. The van der Waals surface area contributed by atoms with Crippen molar-refractivity contribution >= 4 is 5.78 Å². The lowest BCUT2D eigenvalue weighted by Crippen LogP contribution is -2.01. The van der Waals surface area contributed by atoms with Crippen LogP contribution in [0.2, 0.25) is 0 Å². The molecule has 1 rings (SSSR count). The molecule has 1 atom stereocenters. The third kappa shape index (κ3) is 2.72. The molecule has 0 spiro atoms. The van der Waals surface area contributed by atoms with Crippen LogP contribution in [0.25, 0.3) is 0 Å². The van der Waals surface area contributed by atoms with Gasteiger partial charge in [-0.1, -0.05) is 37.3 Å². The van der Waals surface area contributed by atoms with E-state index in [1.165, 1.54) is 0 Å². The van der Waals surface area contributed by atoms with Crippen molar-refractivity contribution in [2.24, 2.45) is 0 Å². The van der Waals surface area contributed by atoms with Crippen molar-refractivity contribution in [2.75, 3.05) is 0 Å². The van der Waals surface area contributed by atoms with Crippen molar-refractivity contribution in [1.29, 1.82) is 5.26 Å². The highest BCUT2D eigenvalue weighted by Crippen LogP contribution is 2.18. The Labute approximate surface area is 77.8 Å². The second-order valence-electron chi connectivity index (χ2n) is 3.05. The van der Waals surface area contributed by atoms with Gasteiger partial charge in [0.15, 0.2) is 0 Å². The first kappa shape index (κ1) is 9.47. The van der Waals surface area contributed by atoms with Crippen LogP contribution in [0.1, 0.15) is 24.8 Å². The second-order valence-corrected chi connectivity index (χ2v) is 3.05. The van der Waals surface area contributed by atoms with Crippen molar-refractivity contribution in [1.82, 2.24) is 0 Å². The molecule has 0 radical (unpaired) electrons. The van der Waals surface area contributed by atoms with Crippen LogP contribution in [-0.2, 0) is 4.79 Å². The van der Waals surface area contributed by atoms with Gasteiger partial charge in [0.05, 0.1) is 0 Å². The first-order chi connectivity index (χ1) is 6.24. The summed E-state index contributed by atoms with van der Waals surface area (Å²) in [4.78, 5) is 10.8. The van der Waals surface area contributed by atoms with Crippen LogP contribution >= 0.6 is 0 Å². The predicted octanol–water partition coefficient (Wildman–Crippen LogP) is 2.27. The maximum atomic E-state index is 10.8. The van der Waals surface area contributed by atoms with Gasteiger partial charge in [-0.05, 0) is 11.5 Å². The van der Waals surface area contributed by atoms with Gasteiger partial charge >= 0.3 is 0 Å². The van der Waals surface area contributed by atoms with E-state index >= 15 is 0 Å². The maximum Gasteiger partial charge on any atom is 0.232 e. The molecule has 0 aliphatic heterocycles. The van der Waals surface area contributed by atoms with Crippen molar-refractivity contribution in [2.45, 2.75) is 19.3 Å². The van der Waals surface area contributed by atoms with Gasteiger partial charge in [0.2, 0.25) is 5.78 Å². The van der Waals surface area contributed by atoms with Gasteiger partial charge < -0.3 is 0 Å². The summed E-state index contributed by atoms with van der Waals surface area (Å²) in [5.41, 5.74) is 1.10. The lowest BCUT2D eigenvalue weighted by atomic mass is 9.96. The van der Waals surface area contributed by atoms with E-state index in [-0.39, 0.29) is 11.7 Å². The van der Waals surface area contributed by atoms with E-state index in [1.807, 2.05) is 37.3 Å². The Kier molecular flexibility index (Phi) is 3.22. The van der Waals surface area contributed by atoms with E-state index < -0.39 is 0 Å². The molecule has 0 aliphatic carbocycles. The minimum Gasteiger partial charge on any atom is -0.283 e. The number of carbonyl (C=O) groups is 1. The average Bonchev–Trinajstić information content (AvgIpc) is 2.19. The molecule has 2 nitrogen and oxygen atoms in total. The zero-order valence-corrected chi connectivity index (χ0v) is 7.53. The standard InChI is InChI=1S/C11H11NO/c1-9(7-11(13)8-12)10-5-3-2-4-6-10/h2-6,9H,7H2,1H3. The third-order valence-corrected chi connectivity index (χ3v) is 1.98. The Bertz CT molecular complexity index is 324. The van der Waals surface area contributed by atoms with Crippen LogP contribution in [0.15, 0.2) is 30.3 Å². The highest BCUT2D eigenvalue weighted by molar-refractivity contribution is 5.93. The van der Waals surface area contributed by atoms with Gasteiger partial charge in [0, 0.05) is 6.42 Å². The van der Waals surface area contributed by atoms with E-state index in [0.29, 0.717) is 6.42 Å². The molecule has 0 fully saturated rings. The molecule has 0 aliphatic rings. The van der Waals surface area contributed by atoms with Crippen molar-refractivity contribution < 1.29 is 4.79 Å². The second kappa shape index (κ2) is 4.42. The molecule has 66 valence electrons. The Hall–Kier alpha value is -1.62.